The van der Waals surface area contributed by atoms with Crippen LogP contribution in [0.1, 0.15) is 0 Å². The van der Waals surface area contributed by atoms with Crippen LogP contribution in [0, 0.1) is 6.07 Å². The number of rotatable bonds is 1. The molecule has 0 aliphatic rings. The highest BCUT2D eigenvalue weighted by atomic mass is 19.2. The molecule has 0 aliphatic heterocycles. The van der Waals surface area contributed by atoms with Gasteiger partial charge in [-0.05, 0) is 18.2 Å². The molecule has 1 nitrogen and oxygen atoms in total. The number of benzene rings is 1. The lowest BCUT2D eigenvalue weighted by Crippen LogP contribution is -1.77. The Balaban J connectivity index is 2.83. The molecule has 0 aliphatic carbocycles. The third-order valence-electron chi connectivity index (χ3n) is 0.827. The molecule has 2 heteroatoms. The van der Waals surface area contributed by atoms with Crippen LogP contribution in [0.25, 0.3) is 0 Å². The molecule has 1 aromatic carbocycles. The third kappa shape index (κ3) is 0.964. The molecule has 41 valence electrons. The van der Waals surface area contributed by atoms with Crippen molar-refractivity contribution in [1.82, 2.24) is 0 Å². The SMILES string of the molecule is FNc1cc[c]cc1. The molecular formula is C6H5FN. The van der Waals surface area contributed by atoms with Gasteiger partial charge in [-0.25, -0.2) is 5.54 Å². The Labute approximate surface area is 47.1 Å². The first-order valence-corrected chi connectivity index (χ1v) is 2.26. The molecule has 0 aromatic heterocycles. The first-order valence-electron chi connectivity index (χ1n) is 2.26. The zero-order valence-corrected chi connectivity index (χ0v) is 4.19. The van der Waals surface area contributed by atoms with Crippen LogP contribution in [-0.4, -0.2) is 0 Å². The van der Waals surface area contributed by atoms with Crippen molar-refractivity contribution in [3.05, 3.63) is 30.3 Å². The molecule has 0 bridgehead atoms. The molecule has 1 aromatic rings. The third-order valence-corrected chi connectivity index (χ3v) is 0.827. The number of halogens is 1. The lowest BCUT2D eigenvalue weighted by atomic mass is 10.3. The van der Waals surface area contributed by atoms with Gasteiger partial charge in [0.2, 0.25) is 0 Å². The van der Waals surface area contributed by atoms with E-state index in [2.05, 4.69) is 6.07 Å². The van der Waals surface area contributed by atoms with Crippen molar-refractivity contribution in [2.45, 2.75) is 0 Å². The van der Waals surface area contributed by atoms with Gasteiger partial charge in [0.25, 0.3) is 0 Å². The van der Waals surface area contributed by atoms with E-state index in [9.17, 15) is 4.48 Å². The van der Waals surface area contributed by atoms with E-state index >= 15 is 0 Å². The summed E-state index contributed by atoms with van der Waals surface area (Å²) in [6.07, 6.45) is 0. The van der Waals surface area contributed by atoms with E-state index in [1.165, 1.54) is 5.54 Å². The summed E-state index contributed by atoms with van der Waals surface area (Å²) in [5.74, 6) is 0. The average Bonchev–Trinajstić information content (AvgIpc) is 1.90. The fourth-order valence-electron chi connectivity index (χ4n) is 0.450. The van der Waals surface area contributed by atoms with Crippen molar-refractivity contribution < 1.29 is 4.48 Å². The predicted octanol–water partition coefficient (Wildman–Crippen LogP) is 1.78. The van der Waals surface area contributed by atoms with Crippen LogP contribution in [0.3, 0.4) is 0 Å². The first kappa shape index (κ1) is 5.09. The quantitative estimate of drug-likeness (QED) is 0.543. The Kier molecular flexibility index (Phi) is 1.47. The van der Waals surface area contributed by atoms with Gasteiger partial charge in [0, 0.05) is 0 Å². The molecule has 8 heavy (non-hydrogen) atoms. The lowest BCUT2D eigenvalue weighted by molar-refractivity contribution is 0.618. The number of hydrogen-bond acceptors (Lipinski definition) is 1. The molecule has 0 fully saturated rings. The maximum Gasteiger partial charge on any atom is 0.0656 e. The Bertz CT molecular complexity index is 150. The fraction of sp³-hybridized carbons (Fsp3) is 0. The Morgan fingerprint density at radius 2 is 2.00 bits per heavy atom. The second-order valence-corrected chi connectivity index (χ2v) is 1.38. The molecule has 0 saturated carbocycles. The van der Waals surface area contributed by atoms with Crippen LogP contribution >= 0.6 is 0 Å². The zero-order valence-electron chi connectivity index (χ0n) is 4.19. The highest BCUT2D eigenvalue weighted by Crippen LogP contribution is 2.02. The molecular weight excluding hydrogens is 105 g/mol. The fourth-order valence-corrected chi connectivity index (χ4v) is 0.450. The summed E-state index contributed by atoms with van der Waals surface area (Å²) < 4.78 is 11.5. The Hall–Kier alpha value is -1.05. The Morgan fingerprint density at radius 1 is 1.38 bits per heavy atom. The van der Waals surface area contributed by atoms with E-state index < -0.39 is 0 Å². The Morgan fingerprint density at radius 3 is 2.38 bits per heavy atom. The topological polar surface area (TPSA) is 12.0 Å². The largest absolute Gasteiger partial charge is 0.225 e. The summed E-state index contributed by atoms with van der Waals surface area (Å²) in [7, 11) is 0. The second-order valence-electron chi connectivity index (χ2n) is 1.38. The van der Waals surface area contributed by atoms with Crippen LogP contribution in [0.4, 0.5) is 10.2 Å². The monoisotopic (exact) mass is 110 g/mol. The summed E-state index contributed by atoms with van der Waals surface area (Å²) in [6.45, 7) is 0. The first-order chi connectivity index (χ1) is 3.93. The summed E-state index contributed by atoms with van der Waals surface area (Å²) in [6, 6.07) is 9.24. The van der Waals surface area contributed by atoms with Crippen LogP contribution in [0.2, 0.25) is 0 Å². The van der Waals surface area contributed by atoms with Gasteiger partial charge in [-0.2, -0.15) is 0 Å². The van der Waals surface area contributed by atoms with E-state index in [1.807, 2.05) is 0 Å². The van der Waals surface area contributed by atoms with Gasteiger partial charge in [-0.15, -0.1) is 4.48 Å². The summed E-state index contributed by atoms with van der Waals surface area (Å²) in [5.41, 5.74) is 1.97. The minimum absolute atomic E-state index is 0.462. The zero-order chi connectivity index (χ0) is 5.82. The highest BCUT2D eigenvalue weighted by Gasteiger charge is 1.81. The van der Waals surface area contributed by atoms with Crippen molar-refractivity contribution in [2.24, 2.45) is 0 Å². The van der Waals surface area contributed by atoms with Gasteiger partial charge in [0.15, 0.2) is 0 Å². The summed E-state index contributed by atoms with van der Waals surface area (Å²) in [4.78, 5) is 0. The molecule has 1 N–H and O–H groups in total. The maximum atomic E-state index is 11.5. The van der Waals surface area contributed by atoms with Crippen molar-refractivity contribution >= 4 is 5.69 Å². The molecule has 1 radical (unpaired) electrons. The van der Waals surface area contributed by atoms with E-state index in [4.69, 9.17) is 0 Å². The average molecular weight is 110 g/mol. The standard InChI is InChI=1S/C6H5FN/c7-8-6-4-2-1-3-5-6/h2-5,8H. The normalized spacial score (nSPS) is 8.62. The molecule has 0 heterocycles. The molecule has 0 spiro atoms. The van der Waals surface area contributed by atoms with Gasteiger partial charge < -0.3 is 0 Å². The molecule has 0 amide bonds. The van der Waals surface area contributed by atoms with Crippen LogP contribution in [0.15, 0.2) is 24.3 Å². The minimum Gasteiger partial charge on any atom is -0.225 e. The minimum atomic E-state index is 0.462. The van der Waals surface area contributed by atoms with Crippen LogP contribution in [-0.2, 0) is 0 Å². The van der Waals surface area contributed by atoms with Gasteiger partial charge >= 0.3 is 0 Å². The smallest absolute Gasteiger partial charge is 0.0656 e. The van der Waals surface area contributed by atoms with Gasteiger partial charge in [-0.3, -0.25) is 0 Å². The predicted molar refractivity (Wildman–Crippen MR) is 30.0 cm³/mol. The highest BCUT2D eigenvalue weighted by molar-refractivity contribution is 5.39. The molecule has 1 rings (SSSR count). The number of hydrogen-bond donors (Lipinski definition) is 1. The van der Waals surface area contributed by atoms with Crippen LogP contribution < -0.4 is 5.54 Å². The molecule has 0 unspecified atom stereocenters. The second kappa shape index (κ2) is 2.31. The van der Waals surface area contributed by atoms with Crippen molar-refractivity contribution in [1.29, 1.82) is 0 Å². The van der Waals surface area contributed by atoms with Crippen LogP contribution in [0.5, 0.6) is 0 Å². The van der Waals surface area contributed by atoms with Gasteiger partial charge in [0.05, 0.1) is 5.69 Å². The lowest BCUT2D eigenvalue weighted by Gasteiger charge is -1.89. The van der Waals surface area contributed by atoms with Crippen molar-refractivity contribution in [3.8, 4) is 0 Å². The summed E-state index contributed by atoms with van der Waals surface area (Å²) >= 11 is 0. The van der Waals surface area contributed by atoms with E-state index in [1.54, 1.807) is 24.3 Å². The summed E-state index contributed by atoms with van der Waals surface area (Å²) in [5, 5.41) is 0. The molecule has 0 saturated heterocycles. The molecule has 0 atom stereocenters. The number of anilines is 1. The van der Waals surface area contributed by atoms with E-state index in [0.29, 0.717) is 5.69 Å². The van der Waals surface area contributed by atoms with E-state index in [0.717, 1.165) is 0 Å². The maximum absolute atomic E-state index is 11.5. The van der Waals surface area contributed by atoms with Crippen molar-refractivity contribution in [3.63, 3.8) is 0 Å². The number of nitrogens with one attached hydrogen (secondary N) is 1. The van der Waals surface area contributed by atoms with Gasteiger partial charge in [0.1, 0.15) is 0 Å². The van der Waals surface area contributed by atoms with Crippen molar-refractivity contribution in [2.75, 3.05) is 5.54 Å². The van der Waals surface area contributed by atoms with E-state index in [-0.39, 0.29) is 0 Å². The van der Waals surface area contributed by atoms with Gasteiger partial charge in [-0.1, -0.05) is 12.1 Å².